The largest absolute Gasteiger partial charge is 0.284 e. The van der Waals surface area contributed by atoms with Crippen LogP contribution in [0.15, 0.2) is 53.5 Å². The molecule has 0 saturated carbocycles. The van der Waals surface area contributed by atoms with Gasteiger partial charge in [0.25, 0.3) is 5.78 Å². The topological polar surface area (TPSA) is 76.3 Å². The maximum atomic E-state index is 13.3. The van der Waals surface area contributed by atoms with Crippen LogP contribution in [0.1, 0.15) is 17.0 Å². The number of nitrogens with zero attached hydrogens (tertiary/aromatic N) is 6. The molecule has 0 aliphatic heterocycles. The maximum absolute atomic E-state index is 13.3. The third-order valence-corrected chi connectivity index (χ3v) is 6.35. The van der Waals surface area contributed by atoms with Crippen molar-refractivity contribution in [3.63, 3.8) is 0 Å². The van der Waals surface area contributed by atoms with E-state index in [0.717, 1.165) is 28.2 Å². The molecule has 1 aromatic carbocycles. The predicted octanol–water partition coefficient (Wildman–Crippen LogP) is 4.35. The summed E-state index contributed by atoms with van der Waals surface area (Å²) in [5, 5.41) is 7.75. The number of thioether (sulfide) groups is 1. The lowest BCUT2D eigenvalue weighted by Gasteiger charge is -2.19. The van der Waals surface area contributed by atoms with Gasteiger partial charge < -0.3 is 0 Å². The Bertz CT molecular complexity index is 1250. The molecule has 0 fully saturated rings. The minimum Gasteiger partial charge on any atom is -0.284 e. The van der Waals surface area contributed by atoms with Crippen molar-refractivity contribution in [2.45, 2.75) is 25.4 Å². The Labute approximate surface area is 188 Å². The highest BCUT2D eigenvalue weighted by Crippen LogP contribution is 2.28. The molecule has 0 aliphatic rings. The quantitative estimate of drug-likeness (QED) is 0.308. The Morgan fingerprint density at radius 1 is 1.23 bits per heavy atom. The average Bonchev–Trinajstić information content (AvgIpc) is 3.43. The molecule has 7 nitrogen and oxygen atoms in total. The van der Waals surface area contributed by atoms with E-state index >= 15 is 0 Å². The van der Waals surface area contributed by atoms with E-state index in [1.807, 2.05) is 55.8 Å². The Morgan fingerprint density at radius 2 is 2.00 bits per heavy atom. The highest BCUT2D eigenvalue weighted by atomic mass is 32.2. The summed E-state index contributed by atoms with van der Waals surface area (Å²) in [6.45, 7) is 8.04. The van der Waals surface area contributed by atoms with Gasteiger partial charge in [-0.3, -0.25) is 9.69 Å². The molecular formula is C22H22N6OS2. The Balaban J connectivity index is 1.64. The van der Waals surface area contributed by atoms with Crippen molar-refractivity contribution in [1.29, 1.82) is 0 Å². The van der Waals surface area contributed by atoms with Gasteiger partial charge in [0.15, 0.2) is 5.13 Å². The van der Waals surface area contributed by atoms with Crippen molar-refractivity contribution in [2.24, 2.45) is 0 Å². The highest BCUT2D eigenvalue weighted by molar-refractivity contribution is 7.98. The van der Waals surface area contributed by atoms with E-state index in [-0.39, 0.29) is 12.3 Å². The zero-order chi connectivity index (χ0) is 22.0. The molecule has 1 amide bonds. The number of rotatable bonds is 7. The zero-order valence-electron chi connectivity index (χ0n) is 17.6. The molecule has 4 rings (SSSR count). The molecule has 4 aromatic rings. The van der Waals surface area contributed by atoms with E-state index in [4.69, 9.17) is 4.98 Å². The Kier molecular flexibility index (Phi) is 6.15. The number of benzene rings is 1. The number of fused-ring (bicyclic) bond motifs is 1. The zero-order valence-corrected chi connectivity index (χ0v) is 19.2. The molecule has 3 aromatic heterocycles. The van der Waals surface area contributed by atoms with Crippen LogP contribution in [0.3, 0.4) is 0 Å². The van der Waals surface area contributed by atoms with E-state index in [1.165, 1.54) is 23.1 Å². The average molecular weight is 451 g/mol. The predicted molar refractivity (Wildman–Crippen MR) is 126 cm³/mol. The van der Waals surface area contributed by atoms with Gasteiger partial charge in [-0.05, 0) is 20.1 Å². The van der Waals surface area contributed by atoms with Crippen LogP contribution >= 0.6 is 23.1 Å². The fraction of sp³-hybridized carbons (Fsp3) is 0.227. The third kappa shape index (κ3) is 4.24. The van der Waals surface area contributed by atoms with Crippen LogP contribution in [0.2, 0.25) is 0 Å². The van der Waals surface area contributed by atoms with E-state index in [1.54, 1.807) is 15.5 Å². The third-order valence-electron chi connectivity index (χ3n) is 4.95. The lowest BCUT2D eigenvalue weighted by molar-refractivity contribution is -0.117. The second kappa shape index (κ2) is 8.99. The van der Waals surface area contributed by atoms with Crippen molar-refractivity contribution >= 4 is 39.9 Å². The first-order valence-electron chi connectivity index (χ1n) is 9.71. The van der Waals surface area contributed by atoms with E-state index < -0.39 is 0 Å². The standard InChI is InChI=1S/C22H22N6OS2/c1-5-11-27(22-24-18(13-31-22)16-9-7-6-8-10-16)19(29)12-17-14(2)23-20-25-21(30-4)26-28(20)15(17)3/h5-10,13H,1,11-12H2,2-4H3. The van der Waals surface area contributed by atoms with Crippen LogP contribution in [0.5, 0.6) is 0 Å². The first-order chi connectivity index (χ1) is 15.0. The minimum absolute atomic E-state index is 0.0635. The van der Waals surface area contributed by atoms with Crippen LogP contribution in [0.4, 0.5) is 5.13 Å². The van der Waals surface area contributed by atoms with Crippen LogP contribution in [0.25, 0.3) is 17.0 Å². The summed E-state index contributed by atoms with van der Waals surface area (Å²) in [7, 11) is 0. The first-order valence-corrected chi connectivity index (χ1v) is 11.8. The molecule has 0 bridgehead atoms. The molecule has 0 unspecified atom stereocenters. The van der Waals surface area contributed by atoms with Crippen LogP contribution < -0.4 is 4.90 Å². The van der Waals surface area contributed by atoms with Crippen molar-refractivity contribution in [3.05, 3.63) is 65.3 Å². The number of carbonyl (C=O) groups is 1. The number of hydrogen-bond donors (Lipinski definition) is 0. The van der Waals surface area contributed by atoms with E-state index in [2.05, 4.69) is 21.6 Å². The SMILES string of the molecule is C=CCN(C(=O)Cc1c(C)nc2nc(SC)nn2c1C)c1nc(-c2ccccc2)cs1. The van der Waals surface area contributed by atoms with Gasteiger partial charge in [-0.2, -0.15) is 4.98 Å². The summed E-state index contributed by atoms with van der Waals surface area (Å²) in [5.74, 6) is 0.484. The molecule has 0 N–H and O–H groups in total. The van der Waals surface area contributed by atoms with Crippen LogP contribution in [-0.4, -0.2) is 43.3 Å². The molecule has 158 valence electrons. The molecule has 0 radical (unpaired) electrons. The molecular weight excluding hydrogens is 428 g/mol. The number of amides is 1. The van der Waals surface area contributed by atoms with Gasteiger partial charge >= 0.3 is 0 Å². The molecule has 0 spiro atoms. The Morgan fingerprint density at radius 3 is 2.71 bits per heavy atom. The number of anilines is 1. The number of aryl methyl sites for hydroxylation is 2. The number of thiazole rings is 1. The van der Waals surface area contributed by atoms with Gasteiger partial charge in [-0.1, -0.05) is 48.2 Å². The lowest BCUT2D eigenvalue weighted by Crippen LogP contribution is -2.33. The molecule has 0 atom stereocenters. The van der Waals surface area contributed by atoms with Crippen molar-refractivity contribution in [1.82, 2.24) is 24.6 Å². The Hall–Kier alpha value is -3.04. The van der Waals surface area contributed by atoms with Gasteiger partial charge in [0, 0.05) is 34.4 Å². The fourth-order valence-corrected chi connectivity index (χ4v) is 4.52. The second-order valence-corrected chi connectivity index (χ2v) is 8.53. The van der Waals surface area contributed by atoms with Crippen molar-refractivity contribution in [2.75, 3.05) is 17.7 Å². The molecule has 3 heterocycles. The van der Waals surface area contributed by atoms with Gasteiger partial charge in [0.05, 0.1) is 12.1 Å². The van der Waals surface area contributed by atoms with Crippen LogP contribution in [-0.2, 0) is 11.2 Å². The minimum atomic E-state index is -0.0635. The summed E-state index contributed by atoms with van der Waals surface area (Å²) in [6, 6.07) is 9.93. The first kappa shape index (κ1) is 21.2. The summed E-state index contributed by atoms with van der Waals surface area (Å²) in [4.78, 5) is 28.6. The van der Waals surface area contributed by atoms with Crippen LogP contribution in [0, 0.1) is 13.8 Å². The smallest absolute Gasteiger partial charge is 0.253 e. The highest BCUT2D eigenvalue weighted by Gasteiger charge is 2.22. The number of hydrogen-bond acceptors (Lipinski definition) is 7. The van der Waals surface area contributed by atoms with E-state index in [9.17, 15) is 4.79 Å². The monoisotopic (exact) mass is 450 g/mol. The van der Waals surface area contributed by atoms with E-state index in [0.29, 0.717) is 22.6 Å². The normalized spacial score (nSPS) is 11.1. The summed E-state index contributed by atoms with van der Waals surface area (Å²) in [6.07, 6.45) is 3.83. The molecule has 9 heteroatoms. The van der Waals surface area contributed by atoms with Crippen molar-refractivity contribution < 1.29 is 4.79 Å². The summed E-state index contributed by atoms with van der Waals surface area (Å²) in [5.41, 5.74) is 4.37. The second-order valence-electron chi connectivity index (χ2n) is 6.92. The molecule has 0 aliphatic carbocycles. The van der Waals surface area contributed by atoms with Gasteiger partial charge in [-0.15, -0.1) is 23.0 Å². The number of carbonyl (C=O) groups excluding carboxylic acids is 1. The summed E-state index contributed by atoms with van der Waals surface area (Å²) >= 11 is 2.91. The summed E-state index contributed by atoms with van der Waals surface area (Å²) < 4.78 is 1.70. The fourth-order valence-electron chi connectivity index (χ4n) is 3.32. The molecule has 31 heavy (non-hydrogen) atoms. The van der Waals surface area contributed by atoms with Gasteiger partial charge in [0.1, 0.15) is 0 Å². The molecule has 0 saturated heterocycles. The van der Waals surface area contributed by atoms with Gasteiger partial charge in [-0.25, -0.2) is 14.5 Å². The van der Waals surface area contributed by atoms with Gasteiger partial charge in [0.2, 0.25) is 11.1 Å². The van der Waals surface area contributed by atoms with Crippen molar-refractivity contribution in [3.8, 4) is 11.3 Å². The lowest BCUT2D eigenvalue weighted by atomic mass is 10.1. The maximum Gasteiger partial charge on any atom is 0.253 e. The number of aromatic nitrogens is 5.